The standard InChI is InChI=1S/C10H14N4O2/c1-14(6-9(12)15)10(16)8-3-2-7(4-11)5-13-8/h2-3,5H,4,6,11H2,1H3,(H2,12,15). The van der Waals surface area contributed by atoms with Gasteiger partial charge in [0.05, 0.1) is 6.54 Å². The lowest BCUT2D eigenvalue weighted by Gasteiger charge is -2.14. The van der Waals surface area contributed by atoms with Crippen LogP contribution in [0.5, 0.6) is 0 Å². The summed E-state index contributed by atoms with van der Waals surface area (Å²) in [7, 11) is 1.49. The lowest BCUT2D eigenvalue weighted by molar-refractivity contribution is -0.118. The first-order valence-electron chi connectivity index (χ1n) is 4.73. The number of nitrogens with zero attached hydrogens (tertiary/aromatic N) is 2. The van der Waals surface area contributed by atoms with Crippen LogP contribution in [-0.2, 0) is 11.3 Å². The van der Waals surface area contributed by atoms with E-state index >= 15 is 0 Å². The quantitative estimate of drug-likeness (QED) is 0.689. The maximum absolute atomic E-state index is 11.7. The third-order valence-electron chi connectivity index (χ3n) is 2.02. The molecule has 6 nitrogen and oxygen atoms in total. The van der Waals surface area contributed by atoms with Crippen LogP contribution in [0.2, 0.25) is 0 Å². The predicted octanol–water partition coefficient (Wildman–Crippen LogP) is -0.902. The van der Waals surface area contributed by atoms with Crippen molar-refractivity contribution in [1.29, 1.82) is 0 Å². The van der Waals surface area contributed by atoms with E-state index in [1.807, 2.05) is 0 Å². The number of hydrogen-bond acceptors (Lipinski definition) is 4. The summed E-state index contributed by atoms with van der Waals surface area (Å²) in [6, 6.07) is 3.29. The SMILES string of the molecule is CN(CC(N)=O)C(=O)c1ccc(CN)cn1. The zero-order valence-electron chi connectivity index (χ0n) is 9.01. The van der Waals surface area contributed by atoms with Crippen LogP contribution in [0.25, 0.3) is 0 Å². The predicted molar refractivity (Wildman–Crippen MR) is 58.3 cm³/mol. The molecule has 0 unspecified atom stereocenters. The van der Waals surface area contributed by atoms with Gasteiger partial charge in [0.1, 0.15) is 5.69 Å². The van der Waals surface area contributed by atoms with E-state index in [0.29, 0.717) is 6.54 Å². The monoisotopic (exact) mass is 222 g/mol. The maximum atomic E-state index is 11.7. The highest BCUT2D eigenvalue weighted by Crippen LogP contribution is 2.02. The van der Waals surface area contributed by atoms with Gasteiger partial charge in [-0.3, -0.25) is 14.6 Å². The molecule has 0 bridgehead atoms. The smallest absolute Gasteiger partial charge is 0.272 e. The van der Waals surface area contributed by atoms with E-state index in [1.54, 1.807) is 12.1 Å². The molecular formula is C10H14N4O2. The van der Waals surface area contributed by atoms with Gasteiger partial charge < -0.3 is 16.4 Å². The Bertz CT molecular complexity index is 388. The Morgan fingerprint density at radius 3 is 2.56 bits per heavy atom. The van der Waals surface area contributed by atoms with Crippen LogP contribution in [-0.4, -0.2) is 35.3 Å². The molecule has 1 aromatic heterocycles. The van der Waals surface area contributed by atoms with Gasteiger partial charge in [0.15, 0.2) is 0 Å². The molecule has 0 radical (unpaired) electrons. The van der Waals surface area contributed by atoms with Crippen LogP contribution in [0.4, 0.5) is 0 Å². The third-order valence-corrected chi connectivity index (χ3v) is 2.02. The van der Waals surface area contributed by atoms with Crippen molar-refractivity contribution < 1.29 is 9.59 Å². The molecule has 1 rings (SSSR count). The van der Waals surface area contributed by atoms with Crippen LogP contribution in [0.15, 0.2) is 18.3 Å². The number of carbonyl (C=O) groups is 2. The zero-order chi connectivity index (χ0) is 12.1. The molecule has 0 atom stereocenters. The molecule has 6 heteroatoms. The van der Waals surface area contributed by atoms with Gasteiger partial charge in [-0.15, -0.1) is 0 Å². The first-order valence-corrected chi connectivity index (χ1v) is 4.73. The van der Waals surface area contributed by atoms with Crippen LogP contribution in [0, 0.1) is 0 Å². The molecule has 0 fully saturated rings. The second-order valence-corrected chi connectivity index (χ2v) is 3.38. The molecule has 1 heterocycles. The Morgan fingerprint density at radius 1 is 1.44 bits per heavy atom. The van der Waals surface area contributed by atoms with E-state index < -0.39 is 5.91 Å². The van der Waals surface area contributed by atoms with Crippen molar-refractivity contribution in [3.05, 3.63) is 29.6 Å². The Hall–Kier alpha value is -1.95. The average molecular weight is 222 g/mol. The Morgan fingerprint density at radius 2 is 2.12 bits per heavy atom. The van der Waals surface area contributed by atoms with Gasteiger partial charge in [0, 0.05) is 19.8 Å². The van der Waals surface area contributed by atoms with Gasteiger partial charge in [-0.2, -0.15) is 0 Å². The molecule has 86 valence electrons. The maximum Gasteiger partial charge on any atom is 0.272 e. The molecule has 0 aliphatic carbocycles. The molecule has 0 spiro atoms. The van der Waals surface area contributed by atoms with Crippen molar-refractivity contribution >= 4 is 11.8 Å². The Labute approximate surface area is 93.2 Å². The zero-order valence-corrected chi connectivity index (χ0v) is 9.01. The summed E-state index contributed by atoms with van der Waals surface area (Å²) in [5.74, 6) is -0.906. The first-order chi connectivity index (χ1) is 7.54. The first kappa shape index (κ1) is 12.1. The number of carbonyl (C=O) groups excluding carboxylic acids is 2. The molecule has 4 N–H and O–H groups in total. The lowest BCUT2D eigenvalue weighted by atomic mass is 10.2. The van der Waals surface area contributed by atoms with Gasteiger partial charge in [-0.1, -0.05) is 6.07 Å². The number of hydrogen-bond donors (Lipinski definition) is 2. The molecule has 0 aromatic carbocycles. The fourth-order valence-corrected chi connectivity index (χ4v) is 1.17. The summed E-state index contributed by atoms with van der Waals surface area (Å²) in [6.07, 6.45) is 1.53. The summed E-state index contributed by atoms with van der Waals surface area (Å²) in [5, 5.41) is 0. The van der Waals surface area contributed by atoms with Gasteiger partial charge in [0.2, 0.25) is 5.91 Å². The highest BCUT2D eigenvalue weighted by atomic mass is 16.2. The van der Waals surface area contributed by atoms with Crippen molar-refractivity contribution in [2.24, 2.45) is 11.5 Å². The van der Waals surface area contributed by atoms with Crippen molar-refractivity contribution in [1.82, 2.24) is 9.88 Å². The van der Waals surface area contributed by atoms with E-state index in [9.17, 15) is 9.59 Å². The van der Waals surface area contributed by atoms with Gasteiger partial charge in [0.25, 0.3) is 5.91 Å². The number of amides is 2. The fourth-order valence-electron chi connectivity index (χ4n) is 1.17. The fraction of sp³-hybridized carbons (Fsp3) is 0.300. The normalized spacial score (nSPS) is 9.88. The minimum Gasteiger partial charge on any atom is -0.368 e. The topological polar surface area (TPSA) is 102 Å². The van der Waals surface area contributed by atoms with E-state index in [1.165, 1.54) is 18.1 Å². The van der Waals surface area contributed by atoms with Crippen molar-refractivity contribution in [2.45, 2.75) is 6.54 Å². The van der Waals surface area contributed by atoms with Crippen LogP contribution in [0.3, 0.4) is 0 Å². The highest BCUT2D eigenvalue weighted by molar-refractivity contribution is 5.94. The number of pyridine rings is 1. The molecule has 0 saturated carbocycles. The molecule has 0 aliphatic rings. The summed E-state index contributed by atoms with van der Waals surface area (Å²) in [5.41, 5.74) is 11.5. The number of rotatable bonds is 4. The molecular weight excluding hydrogens is 208 g/mol. The van der Waals surface area contributed by atoms with Crippen LogP contribution >= 0.6 is 0 Å². The molecule has 0 aliphatic heterocycles. The summed E-state index contributed by atoms with van der Waals surface area (Å²) in [4.78, 5) is 27.5. The van der Waals surface area contributed by atoms with E-state index in [-0.39, 0.29) is 18.1 Å². The molecule has 0 saturated heterocycles. The van der Waals surface area contributed by atoms with Crippen molar-refractivity contribution in [3.63, 3.8) is 0 Å². The Balaban J connectivity index is 2.75. The lowest BCUT2D eigenvalue weighted by Crippen LogP contribution is -2.35. The van der Waals surface area contributed by atoms with Crippen molar-refractivity contribution in [2.75, 3.05) is 13.6 Å². The van der Waals surface area contributed by atoms with E-state index in [0.717, 1.165) is 5.56 Å². The summed E-state index contributed by atoms with van der Waals surface area (Å²) >= 11 is 0. The van der Waals surface area contributed by atoms with Gasteiger partial charge >= 0.3 is 0 Å². The molecule has 16 heavy (non-hydrogen) atoms. The van der Waals surface area contributed by atoms with Gasteiger partial charge in [-0.05, 0) is 11.6 Å². The number of primary amides is 1. The van der Waals surface area contributed by atoms with E-state index in [4.69, 9.17) is 11.5 Å². The largest absolute Gasteiger partial charge is 0.368 e. The van der Waals surface area contributed by atoms with Crippen LogP contribution in [0.1, 0.15) is 16.1 Å². The molecule has 2 amide bonds. The van der Waals surface area contributed by atoms with E-state index in [2.05, 4.69) is 4.98 Å². The third kappa shape index (κ3) is 3.03. The minimum atomic E-state index is -0.561. The number of nitrogens with two attached hydrogens (primary N) is 2. The highest BCUT2D eigenvalue weighted by Gasteiger charge is 2.14. The molecule has 1 aromatic rings. The van der Waals surface area contributed by atoms with Crippen LogP contribution < -0.4 is 11.5 Å². The second kappa shape index (κ2) is 5.22. The summed E-state index contributed by atoms with van der Waals surface area (Å²) in [6.45, 7) is 0.248. The van der Waals surface area contributed by atoms with Crippen molar-refractivity contribution in [3.8, 4) is 0 Å². The average Bonchev–Trinajstić information content (AvgIpc) is 2.27. The van der Waals surface area contributed by atoms with Gasteiger partial charge in [-0.25, -0.2) is 0 Å². The number of likely N-dealkylation sites (N-methyl/N-ethyl adjacent to an activating group) is 1. The second-order valence-electron chi connectivity index (χ2n) is 3.38. The Kier molecular flexibility index (Phi) is 3.96. The summed E-state index contributed by atoms with van der Waals surface area (Å²) < 4.78 is 0. The number of aromatic nitrogens is 1. The minimum absolute atomic E-state index is 0.126.